The van der Waals surface area contributed by atoms with Crippen molar-refractivity contribution < 1.29 is 4.39 Å². The van der Waals surface area contributed by atoms with Crippen molar-refractivity contribution >= 4 is 29.9 Å². The minimum Gasteiger partial charge on any atom is -0.370 e. The molecule has 0 aromatic heterocycles. The van der Waals surface area contributed by atoms with E-state index >= 15 is 0 Å². The van der Waals surface area contributed by atoms with Crippen LogP contribution in [0.5, 0.6) is 0 Å². The number of nitrogens with two attached hydrogens (primary N) is 1. The van der Waals surface area contributed by atoms with E-state index in [1.54, 1.807) is 6.07 Å². The molecule has 0 spiro atoms. The van der Waals surface area contributed by atoms with E-state index in [0.29, 0.717) is 24.6 Å². The molecule has 1 saturated heterocycles. The molecule has 23 heavy (non-hydrogen) atoms. The van der Waals surface area contributed by atoms with Gasteiger partial charge in [-0.05, 0) is 38.6 Å². The second-order valence-corrected chi connectivity index (χ2v) is 6.24. The van der Waals surface area contributed by atoms with Crippen molar-refractivity contribution in [3.63, 3.8) is 0 Å². The Morgan fingerprint density at radius 2 is 1.87 bits per heavy atom. The van der Waals surface area contributed by atoms with E-state index in [0.717, 1.165) is 18.7 Å². The van der Waals surface area contributed by atoms with E-state index in [2.05, 4.69) is 9.89 Å². The highest BCUT2D eigenvalue weighted by Gasteiger charge is 2.11. The first-order valence-electron chi connectivity index (χ1n) is 8.03. The minimum atomic E-state index is -0.172. The maximum Gasteiger partial charge on any atom is 0.191 e. The van der Waals surface area contributed by atoms with Crippen LogP contribution in [0.25, 0.3) is 0 Å². The van der Waals surface area contributed by atoms with Crippen LogP contribution < -0.4 is 5.73 Å². The fourth-order valence-corrected chi connectivity index (χ4v) is 2.73. The number of nitrogens with zero attached hydrogens (tertiary/aromatic N) is 3. The van der Waals surface area contributed by atoms with Gasteiger partial charge in [-0.2, -0.15) is 0 Å². The Bertz CT molecular complexity index is 511. The average molecular weight is 434 g/mol. The second-order valence-electron chi connectivity index (χ2n) is 6.24. The molecular formula is C17H28FIN4. The third kappa shape index (κ3) is 6.63. The van der Waals surface area contributed by atoms with Crippen LogP contribution in [0.1, 0.15) is 36.8 Å². The third-order valence-corrected chi connectivity index (χ3v) is 3.96. The molecule has 0 bridgehead atoms. The standard InChI is InChI=1S/C17H27FN4.HI/c1-21(2)13-15-8-7-14(11-16(15)18)12-20-17(19)22-9-5-3-4-6-10-22;/h7-8,11H,3-6,9-10,12-13H2,1-2H3,(H2,19,20);1H. The monoisotopic (exact) mass is 434 g/mol. The fourth-order valence-electron chi connectivity index (χ4n) is 2.73. The summed E-state index contributed by atoms with van der Waals surface area (Å²) >= 11 is 0. The van der Waals surface area contributed by atoms with Crippen LogP contribution in [-0.2, 0) is 13.1 Å². The van der Waals surface area contributed by atoms with Gasteiger partial charge in [-0.3, -0.25) is 0 Å². The van der Waals surface area contributed by atoms with Gasteiger partial charge in [0.1, 0.15) is 5.82 Å². The van der Waals surface area contributed by atoms with Gasteiger partial charge in [0.05, 0.1) is 6.54 Å². The van der Waals surface area contributed by atoms with Crippen LogP contribution >= 0.6 is 24.0 Å². The van der Waals surface area contributed by atoms with E-state index in [1.165, 1.54) is 25.7 Å². The lowest BCUT2D eigenvalue weighted by molar-refractivity contribution is 0.392. The lowest BCUT2D eigenvalue weighted by atomic mass is 10.1. The topological polar surface area (TPSA) is 44.9 Å². The molecule has 1 aromatic carbocycles. The first-order chi connectivity index (χ1) is 10.6. The van der Waals surface area contributed by atoms with Crippen LogP contribution in [0.2, 0.25) is 0 Å². The summed E-state index contributed by atoms with van der Waals surface area (Å²) in [7, 11) is 3.86. The number of aliphatic imine (C=N–C) groups is 1. The summed E-state index contributed by atoms with van der Waals surface area (Å²) in [6.07, 6.45) is 4.87. The Kier molecular flexibility index (Phi) is 8.83. The molecule has 2 rings (SSSR count). The Labute approximate surface area is 156 Å². The smallest absolute Gasteiger partial charge is 0.191 e. The van der Waals surface area contributed by atoms with Gasteiger partial charge in [-0.15, -0.1) is 24.0 Å². The quantitative estimate of drug-likeness (QED) is 0.450. The molecule has 0 radical (unpaired) electrons. The number of halogens is 2. The van der Waals surface area contributed by atoms with Crippen LogP contribution in [-0.4, -0.2) is 42.9 Å². The Morgan fingerprint density at radius 3 is 2.43 bits per heavy atom. The molecule has 1 fully saturated rings. The number of likely N-dealkylation sites (tertiary alicyclic amines) is 1. The maximum absolute atomic E-state index is 14.0. The third-order valence-electron chi connectivity index (χ3n) is 3.96. The SMILES string of the molecule is CN(C)Cc1ccc(CN=C(N)N2CCCCCC2)cc1F.I. The van der Waals surface area contributed by atoms with Crippen molar-refractivity contribution in [1.29, 1.82) is 0 Å². The Hall–Kier alpha value is -0.890. The predicted octanol–water partition coefficient (Wildman–Crippen LogP) is 3.20. The zero-order valence-corrected chi connectivity index (χ0v) is 16.4. The number of hydrogen-bond acceptors (Lipinski definition) is 2. The van der Waals surface area contributed by atoms with Crippen molar-refractivity contribution in [2.75, 3.05) is 27.2 Å². The molecule has 0 aliphatic carbocycles. The molecule has 0 unspecified atom stereocenters. The van der Waals surface area contributed by atoms with E-state index in [1.807, 2.05) is 31.1 Å². The molecule has 2 N–H and O–H groups in total. The minimum absolute atomic E-state index is 0. The molecule has 1 heterocycles. The summed E-state index contributed by atoms with van der Waals surface area (Å²) in [5.41, 5.74) is 7.64. The van der Waals surface area contributed by atoms with Gasteiger partial charge in [0, 0.05) is 25.2 Å². The van der Waals surface area contributed by atoms with Gasteiger partial charge in [0.15, 0.2) is 5.96 Å². The van der Waals surface area contributed by atoms with Crippen molar-refractivity contribution in [2.24, 2.45) is 10.7 Å². The Morgan fingerprint density at radius 1 is 1.22 bits per heavy atom. The first kappa shape index (κ1) is 20.2. The second kappa shape index (κ2) is 10.1. The molecule has 1 aliphatic heterocycles. The highest BCUT2D eigenvalue weighted by atomic mass is 127. The van der Waals surface area contributed by atoms with Crippen molar-refractivity contribution in [3.8, 4) is 0 Å². The van der Waals surface area contributed by atoms with E-state index in [-0.39, 0.29) is 29.8 Å². The lowest BCUT2D eigenvalue weighted by Gasteiger charge is -2.21. The van der Waals surface area contributed by atoms with E-state index in [9.17, 15) is 4.39 Å². The van der Waals surface area contributed by atoms with Gasteiger partial charge in [-0.25, -0.2) is 9.38 Å². The maximum atomic E-state index is 14.0. The van der Waals surface area contributed by atoms with Gasteiger partial charge in [0.25, 0.3) is 0 Å². The summed E-state index contributed by atoms with van der Waals surface area (Å²) < 4.78 is 14.0. The van der Waals surface area contributed by atoms with Crippen molar-refractivity contribution in [1.82, 2.24) is 9.80 Å². The van der Waals surface area contributed by atoms with Crippen LogP contribution in [0.4, 0.5) is 4.39 Å². The highest BCUT2D eigenvalue weighted by molar-refractivity contribution is 14.0. The zero-order chi connectivity index (χ0) is 15.9. The van der Waals surface area contributed by atoms with Crippen molar-refractivity contribution in [3.05, 3.63) is 35.1 Å². The van der Waals surface area contributed by atoms with Gasteiger partial charge in [0.2, 0.25) is 0 Å². The summed E-state index contributed by atoms with van der Waals surface area (Å²) in [6.45, 7) is 2.99. The van der Waals surface area contributed by atoms with Gasteiger partial charge >= 0.3 is 0 Å². The van der Waals surface area contributed by atoms with Crippen LogP contribution in [0, 0.1) is 5.82 Å². The van der Waals surface area contributed by atoms with Gasteiger partial charge < -0.3 is 15.5 Å². The largest absolute Gasteiger partial charge is 0.370 e. The number of hydrogen-bond donors (Lipinski definition) is 1. The molecular weight excluding hydrogens is 406 g/mol. The fraction of sp³-hybridized carbons (Fsp3) is 0.588. The molecule has 0 saturated carbocycles. The Balaban J connectivity index is 0.00000264. The highest BCUT2D eigenvalue weighted by Crippen LogP contribution is 2.13. The summed E-state index contributed by atoms with van der Waals surface area (Å²) in [6, 6.07) is 5.33. The van der Waals surface area contributed by atoms with E-state index < -0.39 is 0 Å². The number of guanidine groups is 1. The number of benzene rings is 1. The molecule has 1 aliphatic rings. The first-order valence-corrected chi connectivity index (χ1v) is 8.03. The molecule has 6 heteroatoms. The molecule has 4 nitrogen and oxygen atoms in total. The molecule has 0 atom stereocenters. The molecule has 0 amide bonds. The average Bonchev–Trinajstić information content (AvgIpc) is 2.76. The summed E-state index contributed by atoms with van der Waals surface area (Å²) in [4.78, 5) is 8.53. The lowest BCUT2D eigenvalue weighted by Crippen LogP contribution is -2.38. The summed E-state index contributed by atoms with van der Waals surface area (Å²) in [5.74, 6) is 0.412. The summed E-state index contributed by atoms with van der Waals surface area (Å²) in [5, 5.41) is 0. The predicted molar refractivity (Wildman–Crippen MR) is 105 cm³/mol. The van der Waals surface area contributed by atoms with E-state index in [4.69, 9.17) is 5.73 Å². The van der Waals surface area contributed by atoms with Gasteiger partial charge in [-0.1, -0.05) is 25.0 Å². The van der Waals surface area contributed by atoms with Crippen molar-refractivity contribution in [2.45, 2.75) is 38.8 Å². The zero-order valence-electron chi connectivity index (χ0n) is 14.1. The number of rotatable bonds is 4. The van der Waals surface area contributed by atoms with Crippen LogP contribution in [0.15, 0.2) is 23.2 Å². The molecule has 1 aromatic rings. The van der Waals surface area contributed by atoms with Crippen LogP contribution in [0.3, 0.4) is 0 Å². The normalized spacial score (nSPS) is 16.2. The molecule has 130 valence electrons.